The first-order valence-corrected chi connectivity index (χ1v) is 9.08. The van der Waals surface area contributed by atoms with Crippen molar-refractivity contribution in [3.63, 3.8) is 0 Å². The van der Waals surface area contributed by atoms with Crippen LogP contribution in [0.1, 0.15) is 17.5 Å². The number of amides is 1. The number of para-hydroxylation sites is 1. The van der Waals surface area contributed by atoms with Crippen LogP contribution in [-0.2, 0) is 20.1 Å². The lowest BCUT2D eigenvalue weighted by Crippen LogP contribution is -2.41. The second-order valence-corrected chi connectivity index (χ2v) is 6.83. The Labute approximate surface area is 157 Å². The van der Waals surface area contributed by atoms with Gasteiger partial charge < -0.3 is 19.1 Å². The summed E-state index contributed by atoms with van der Waals surface area (Å²) in [5, 5.41) is 0.581. The van der Waals surface area contributed by atoms with Crippen LogP contribution in [0.15, 0.2) is 42.5 Å². The molecule has 2 aliphatic heterocycles. The van der Waals surface area contributed by atoms with Crippen molar-refractivity contribution in [3.05, 3.63) is 58.6 Å². The molecule has 2 heterocycles. The molecule has 2 aliphatic rings. The van der Waals surface area contributed by atoms with Crippen molar-refractivity contribution in [2.24, 2.45) is 0 Å². The summed E-state index contributed by atoms with van der Waals surface area (Å²) in [5.41, 5.74) is 2.71. The number of benzene rings is 2. The zero-order valence-corrected chi connectivity index (χ0v) is 15.3. The molecule has 6 heteroatoms. The van der Waals surface area contributed by atoms with E-state index in [1.165, 1.54) is 0 Å². The fraction of sp³-hybridized carbons (Fsp3) is 0.350. The van der Waals surface area contributed by atoms with E-state index in [1.54, 1.807) is 11.0 Å². The Morgan fingerprint density at radius 2 is 1.96 bits per heavy atom. The average molecular weight is 374 g/mol. The maximum atomic E-state index is 13.0. The Morgan fingerprint density at radius 1 is 1.19 bits per heavy atom. The van der Waals surface area contributed by atoms with Crippen LogP contribution >= 0.6 is 11.6 Å². The van der Waals surface area contributed by atoms with Crippen molar-refractivity contribution in [2.75, 3.05) is 31.3 Å². The van der Waals surface area contributed by atoms with Crippen molar-refractivity contribution < 1.29 is 19.0 Å². The van der Waals surface area contributed by atoms with Gasteiger partial charge in [-0.1, -0.05) is 35.4 Å². The monoisotopic (exact) mass is 373 g/mol. The molecule has 2 aromatic rings. The van der Waals surface area contributed by atoms with Crippen molar-refractivity contribution in [3.8, 4) is 5.75 Å². The first-order chi connectivity index (χ1) is 12.6. The third-order valence-electron chi connectivity index (χ3n) is 4.64. The van der Waals surface area contributed by atoms with Gasteiger partial charge in [-0.25, -0.2) is 0 Å². The first kappa shape index (κ1) is 17.3. The highest BCUT2D eigenvalue weighted by atomic mass is 35.5. The summed E-state index contributed by atoms with van der Waals surface area (Å²) in [5.74, 6) is -0.782. The summed E-state index contributed by atoms with van der Waals surface area (Å²) in [6.45, 7) is 3.82. The van der Waals surface area contributed by atoms with Gasteiger partial charge in [0.2, 0.25) is 0 Å². The summed E-state index contributed by atoms with van der Waals surface area (Å²) in [4.78, 5) is 14.8. The number of anilines is 1. The predicted molar refractivity (Wildman–Crippen MR) is 98.7 cm³/mol. The van der Waals surface area contributed by atoms with Gasteiger partial charge in [-0.05, 0) is 37.6 Å². The molecule has 1 spiro atoms. The number of ether oxygens (including phenoxy) is 3. The molecule has 5 nitrogen and oxygen atoms in total. The van der Waals surface area contributed by atoms with Crippen LogP contribution < -0.4 is 9.64 Å². The molecule has 0 N–H and O–H groups in total. The molecule has 1 fully saturated rings. The Hall–Kier alpha value is -2.08. The van der Waals surface area contributed by atoms with Gasteiger partial charge in [-0.3, -0.25) is 4.79 Å². The molecule has 26 heavy (non-hydrogen) atoms. The molecule has 4 rings (SSSR count). The van der Waals surface area contributed by atoms with E-state index >= 15 is 0 Å². The molecular formula is C20H20ClNO4. The third kappa shape index (κ3) is 2.86. The number of fused-ring (bicyclic) bond motifs is 2. The molecule has 0 radical (unpaired) electrons. The highest BCUT2D eigenvalue weighted by Gasteiger charge is 2.55. The van der Waals surface area contributed by atoms with Gasteiger partial charge >= 0.3 is 0 Å². The lowest BCUT2D eigenvalue weighted by molar-refractivity contribution is -0.180. The van der Waals surface area contributed by atoms with Crippen molar-refractivity contribution in [2.45, 2.75) is 19.1 Å². The van der Waals surface area contributed by atoms with E-state index in [9.17, 15) is 4.79 Å². The van der Waals surface area contributed by atoms with Gasteiger partial charge in [0, 0.05) is 12.1 Å². The van der Waals surface area contributed by atoms with E-state index in [-0.39, 0.29) is 5.91 Å². The topological polar surface area (TPSA) is 48.0 Å². The Morgan fingerprint density at radius 3 is 2.73 bits per heavy atom. The van der Waals surface area contributed by atoms with E-state index in [1.807, 2.05) is 43.3 Å². The number of carbonyl (C=O) groups excluding carboxylic acids is 1. The second-order valence-electron chi connectivity index (χ2n) is 6.42. The maximum Gasteiger partial charge on any atom is 0.292 e. The third-order valence-corrected chi connectivity index (χ3v) is 4.95. The van der Waals surface area contributed by atoms with E-state index in [2.05, 4.69) is 0 Å². The van der Waals surface area contributed by atoms with Gasteiger partial charge in [-0.2, -0.15) is 0 Å². The smallest absolute Gasteiger partial charge is 0.292 e. The van der Waals surface area contributed by atoms with Crippen LogP contribution in [0, 0.1) is 6.92 Å². The van der Waals surface area contributed by atoms with E-state index in [0.717, 1.165) is 16.8 Å². The fourth-order valence-electron chi connectivity index (χ4n) is 3.43. The first-order valence-electron chi connectivity index (χ1n) is 8.70. The summed E-state index contributed by atoms with van der Waals surface area (Å²) in [6, 6.07) is 13.3. The van der Waals surface area contributed by atoms with Crippen molar-refractivity contribution >= 4 is 23.2 Å². The molecule has 1 amide bonds. The molecular weight excluding hydrogens is 354 g/mol. The van der Waals surface area contributed by atoms with Crippen LogP contribution in [-0.4, -0.2) is 32.3 Å². The summed E-state index contributed by atoms with van der Waals surface area (Å²) < 4.78 is 17.2. The SMILES string of the molecule is Cc1ccc2c(c1)C1(OCCO1)C(=O)N2CCCOc1ccccc1Cl. The molecule has 136 valence electrons. The minimum atomic E-state index is -1.27. The Balaban J connectivity index is 1.47. The molecule has 0 unspecified atom stereocenters. The number of aryl methyl sites for hydroxylation is 1. The van der Waals surface area contributed by atoms with E-state index in [0.29, 0.717) is 43.6 Å². The predicted octanol–water partition coefficient (Wildman–Crippen LogP) is 3.66. The lowest BCUT2D eigenvalue weighted by Gasteiger charge is -2.22. The molecule has 0 aromatic heterocycles. The number of carbonyl (C=O) groups is 1. The largest absolute Gasteiger partial charge is 0.492 e. The normalized spacial score (nSPS) is 17.8. The van der Waals surface area contributed by atoms with E-state index < -0.39 is 5.79 Å². The zero-order valence-electron chi connectivity index (χ0n) is 14.5. The van der Waals surface area contributed by atoms with Crippen LogP contribution in [0.3, 0.4) is 0 Å². The second kappa shape index (κ2) is 6.91. The van der Waals surface area contributed by atoms with Gasteiger partial charge in [0.25, 0.3) is 11.7 Å². The highest BCUT2D eigenvalue weighted by Crippen LogP contribution is 2.46. The summed E-state index contributed by atoms with van der Waals surface area (Å²) >= 11 is 6.09. The van der Waals surface area contributed by atoms with E-state index in [4.69, 9.17) is 25.8 Å². The fourth-order valence-corrected chi connectivity index (χ4v) is 3.62. The lowest BCUT2D eigenvalue weighted by atomic mass is 10.0. The summed E-state index contributed by atoms with van der Waals surface area (Å²) in [6.07, 6.45) is 0.667. The van der Waals surface area contributed by atoms with Crippen LogP contribution in [0.5, 0.6) is 5.75 Å². The van der Waals surface area contributed by atoms with Gasteiger partial charge in [0.1, 0.15) is 5.75 Å². The minimum Gasteiger partial charge on any atom is -0.492 e. The number of halogens is 1. The minimum absolute atomic E-state index is 0.159. The number of hydrogen-bond acceptors (Lipinski definition) is 4. The molecule has 0 bridgehead atoms. The Kier molecular flexibility index (Phi) is 4.61. The van der Waals surface area contributed by atoms with Crippen LogP contribution in [0.2, 0.25) is 5.02 Å². The van der Waals surface area contributed by atoms with Crippen LogP contribution in [0.25, 0.3) is 0 Å². The number of nitrogens with zero attached hydrogens (tertiary/aromatic N) is 1. The van der Waals surface area contributed by atoms with Crippen molar-refractivity contribution in [1.29, 1.82) is 0 Å². The molecule has 0 atom stereocenters. The van der Waals surface area contributed by atoms with Gasteiger partial charge in [0.05, 0.1) is 30.5 Å². The molecule has 0 aliphatic carbocycles. The number of hydrogen-bond donors (Lipinski definition) is 0. The molecule has 1 saturated heterocycles. The summed E-state index contributed by atoms with van der Waals surface area (Å²) in [7, 11) is 0. The standard InChI is InChI=1S/C20H20ClNO4/c1-14-7-8-17-15(13-14)20(25-11-12-26-20)19(23)22(17)9-4-10-24-18-6-3-2-5-16(18)21/h2-3,5-8,13H,4,9-12H2,1H3. The zero-order chi connectivity index (χ0) is 18.1. The average Bonchev–Trinajstić information content (AvgIpc) is 3.21. The van der Waals surface area contributed by atoms with Crippen LogP contribution in [0.4, 0.5) is 5.69 Å². The Bertz CT molecular complexity index is 832. The quantitative estimate of drug-likeness (QED) is 0.750. The molecule has 2 aromatic carbocycles. The number of rotatable bonds is 5. The van der Waals surface area contributed by atoms with Gasteiger partial charge in [-0.15, -0.1) is 0 Å². The van der Waals surface area contributed by atoms with Gasteiger partial charge in [0.15, 0.2) is 0 Å². The van der Waals surface area contributed by atoms with Crippen molar-refractivity contribution in [1.82, 2.24) is 0 Å². The molecule has 0 saturated carbocycles. The maximum absolute atomic E-state index is 13.0. The highest BCUT2D eigenvalue weighted by molar-refractivity contribution is 6.32.